The molecule has 0 aromatic rings. The van der Waals surface area contributed by atoms with Crippen LogP contribution in [0.3, 0.4) is 0 Å². The molecule has 0 spiro atoms. The van der Waals surface area contributed by atoms with Crippen LogP contribution in [0.25, 0.3) is 0 Å². The van der Waals surface area contributed by atoms with Crippen LogP contribution in [0, 0.1) is 28.6 Å². The van der Waals surface area contributed by atoms with Crippen LogP contribution in [0.1, 0.15) is 59.8 Å². The van der Waals surface area contributed by atoms with Gasteiger partial charge < -0.3 is 14.9 Å². The zero-order chi connectivity index (χ0) is 23.7. The fourth-order valence-electron chi connectivity index (χ4n) is 7.77. The first-order chi connectivity index (χ1) is 14.9. The molecule has 0 amide bonds. The molecule has 0 aromatic carbocycles. The van der Waals surface area contributed by atoms with E-state index in [4.69, 9.17) is 4.74 Å². The molecule has 0 aliphatic heterocycles. The lowest BCUT2D eigenvalue weighted by Crippen LogP contribution is -2.70. The molecule has 0 bridgehead atoms. The summed E-state index contributed by atoms with van der Waals surface area (Å²) in [6.07, 6.45) is 4.38. The summed E-state index contributed by atoms with van der Waals surface area (Å²) >= 11 is 0. The molecule has 0 saturated heterocycles. The second-order valence-electron chi connectivity index (χ2n) is 10.5. The van der Waals surface area contributed by atoms with Gasteiger partial charge in [-0.25, -0.2) is 4.39 Å². The Balaban J connectivity index is 1.85. The molecule has 2 N–H and O–H groups in total. The van der Waals surface area contributed by atoms with Crippen molar-refractivity contribution < 1.29 is 33.7 Å². The molecule has 8 atom stereocenters. The summed E-state index contributed by atoms with van der Waals surface area (Å²) < 4.78 is 23.0. The van der Waals surface area contributed by atoms with Crippen molar-refractivity contribution in [1.82, 2.24) is 0 Å². The number of aliphatic hydroxyl groups excluding tert-OH is 2. The van der Waals surface area contributed by atoms with Crippen molar-refractivity contribution in [2.75, 3.05) is 6.61 Å². The number of Topliss-reactive ketones (excluding diaryl/α,β-unsaturated/α-hetero) is 1. The maximum absolute atomic E-state index is 17.2. The highest BCUT2D eigenvalue weighted by atomic mass is 19.1. The molecule has 4 rings (SSSR count). The Bertz CT molecular complexity index is 925. The quantitative estimate of drug-likeness (QED) is 0.642. The molecule has 176 valence electrons. The summed E-state index contributed by atoms with van der Waals surface area (Å²) in [6, 6.07) is 0. The van der Waals surface area contributed by atoms with Crippen molar-refractivity contribution >= 4 is 17.5 Å². The van der Waals surface area contributed by atoms with Crippen molar-refractivity contribution in [3.8, 4) is 0 Å². The molecule has 4 aliphatic rings. The minimum atomic E-state index is -2.02. The summed E-state index contributed by atoms with van der Waals surface area (Å²) in [5.74, 6) is -2.69. The lowest BCUT2D eigenvalue weighted by Gasteiger charge is -2.62. The van der Waals surface area contributed by atoms with Gasteiger partial charge in [-0.2, -0.15) is 0 Å². The standard InChI is InChI=1S/C25H33FO6/c1-5-21(31)32-25(20(30)13-27)14(2)10-18-17-7-6-15-11-16(28)8-9-22(15,3)24(17,26)19(29)12-23(18,25)4/h8-9,11,14,17-19,27,29H,5-7,10,12-13H2,1-4H3/t14-,17+,18+,19+,22+,23+,24+,25-/m1/s1. The highest BCUT2D eigenvalue weighted by molar-refractivity contribution is 6.01. The molecule has 6 nitrogen and oxygen atoms in total. The normalized spacial score (nSPS) is 47.2. The minimum Gasteiger partial charge on any atom is -0.450 e. The Morgan fingerprint density at radius 2 is 1.97 bits per heavy atom. The summed E-state index contributed by atoms with van der Waals surface area (Å²) in [5, 5.41) is 21.2. The average Bonchev–Trinajstić information content (AvgIpc) is 2.96. The monoisotopic (exact) mass is 448 g/mol. The van der Waals surface area contributed by atoms with E-state index in [0.717, 1.165) is 0 Å². The van der Waals surface area contributed by atoms with Crippen LogP contribution in [0.15, 0.2) is 23.8 Å². The van der Waals surface area contributed by atoms with E-state index in [1.165, 1.54) is 12.2 Å². The molecular formula is C25H33FO6. The fourth-order valence-corrected chi connectivity index (χ4v) is 7.77. The van der Waals surface area contributed by atoms with Gasteiger partial charge in [0.05, 0.1) is 6.10 Å². The maximum Gasteiger partial charge on any atom is 0.306 e. The first-order valence-electron chi connectivity index (χ1n) is 11.6. The zero-order valence-electron chi connectivity index (χ0n) is 19.2. The van der Waals surface area contributed by atoms with Gasteiger partial charge in [-0.15, -0.1) is 0 Å². The third kappa shape index (κ3) is 2.61. The molecule has 3 fully saturated rings. The SMILES string of the molecule is CCC(=O)O[C@@]1(C(=O)CO)[C@H](C)C[C@H]2[C@@H]3CCC4=CC(=O)C=C[C@]4(C)[C@@]3(F)[C@@H](O)C[C@@]21C. The van der Waals surface area contributed by atoms with Gasteiger partial charge in [-0.3, -0.25) is 14.4 Å². The van der Waals surface area contributed by atoms with Crippen LogP contribution in [-0.4, -0.2) is 51.7 Å². The van der Waals surface area contributed by atoms with Gasteiger partial charge in [0, 0.05) is 29.1 Å². The number of hydrogen-bond acceptors (Lipinski definition) is 6. The lowest BCUT2D eigenvalue weighted by atomic mass is 9.44. The largest absolute Gasteiger partial charge is 0.450 e. The Morgan fingerprint density at radius 1 is 1.28 bits per heavy atom. The highest BCUT2D eigenvalue weighted by Crippen LogP contribution is 2.71. The first-order valence-corrected chi connectivity index (χ1v) is 11.6. The number of hydrogen-bond donors (Lipinski definition) is 2. The molecule has 0 radical (unpaired) electrons. The molecule has 7 heteroatoms. The van der Waals surface area contributed by atoms with E-state index >= 15 is 4.39 Å². The van der Waals surface area contributed by atoms with E-state index in [9.17, 15) is 24.6 Å². The van der Waals surface area contributed by atoms with Gasteiger partial charge >= 0.3 is 5.97 Å². The van der Waals surface area contributed by atoms with Gasteiger partial charge in [0.2, 0.25) is 5.78 Å². The number of fused-ring (bicyclic) bond motifs is 5. The number of esters is 1. The number of carbonyl (C=O) groups excluding carboxylic acids is 3. The number of alkyl halides is 1. The van der Waals surface area contributed by atoms with Crippen molar-refractivity contribution in [2.24, 2.45) is 28.6 Å². The maximum atomic E-state index is 17.2. The summed E-state index contributed by atoms with van der Waals surface area (Å²) in [7, 11) is 0. The van der Waals surface area contributed by atoms with E-state index in [-0.39, 0.29) is 24.5 Å². The Labute approximate surface area is 187 Å². The predicted molar refractivity (Wildman–Crippen MR) is 114 cm³/mol. The molecule has 3 saturated carbocycles. The molecule has 0 heterocycles. The van der Waals surface area contributed by atoms with Crippen molar-refractivity contribution in [2.45, 2.75) is 77.2 Å². The van der Waals surface area contributed by atoms with Crippen LogP contribution in [0.5, 0.6) is 0 Å². The lowest BCUT2D eigenvalue weighted by molar-refractivity contribution is -0.228. The smallest absolute Gasteiger partial charge is 0.306 e. The molecule has 0 unspecified atom stereocenters. The predicted octanol–water partition coefficient (Wildman–Crippen LogP) is 2.86. The zero-order valence-corrected chi connectivity index (χ0v) is 19.2. The number of aliphatic hydroxyl groups is 2. The average molecular weight is 449 g/mol. The summed E-state index contributed by atoms with van der Waals surface area (Å²) in [6.45, 7) is 6.19. The number of ketones is 2. The number of halogens is 1. The van der Waals surface area contributed by atoms with Crippen LogP contribution in [0.4, 0.5) is 4.39 Å². The third-order valence-electron chi connectivity index (χ3n) is 9.30. The van der Waals surface area contributed by atoms with Gasteiger partial charge in [0.15, 0.2) is 17.1 Å². The molecular weight excluding hydrogens is 415 g/mol. The topological polar surface area (TPSA) is 101 Å². The minimum absolute atomic E-state index is 0.0675. The molecule has 4 aliphatic carbocycles. The van der Waals surface area contributed by atoms with Crippen LogP contribution < -0.4 is 0 Å². The van der Waals surface area contributed by atoms with Crippen molar-refractivity contribution in [3.05, 3.63) is 23.8 Å². The van der Waals surface area contributed by atoms with E-state index in [0.29, 0.717) is 24.8 Å². The molecule has 0 aromatic heterocycles. The fraction of sp³-hybridized carbons (Fsp3) is 0.720. The van der Waals surface area contributed by atoms with Gasteiger partial charge in [-0.1, -0.05) is 32.4 Å². The van der Waals surface area contributed by atoms with Gasteiger partial charge in [0.25, 0.3) is 0 Å². The van der Waals surface area contributed by atoms with E-state index in [2.05, 4.69) is 0 Å². The van der Waals surface area contributed by atoms with Crippen LogP contribution in [0.2, 0.25) is 0 Å². The third-order valence-corrected chi connectivity index (χ3v) is 9.30. The number of carbonyl (C=O) groups is 3. The second kappa shape index (κ2) is 7.32. The number of ether oxygens (including phenoxy) is 1. The van der Waals surface area contributed by atoms with Crippen molar-refractivity contribution in [1.29, 1.82) is 0 Å². The Hall–Kier alpha value is -1.86. The molecule has 32 heavy (non-hydrogen) atoms. The Morgan fingerprint density at radius 3 is 2.59 bits per heavy atom. The second-order valence-corrected chi connectivity index (χ2v) is 10.5. The van der Waals surface area contributed by atoms with E-state index < -0.39 is 58.4 Å². The first kappa shape index (κ1) is 23.3. The van der Waals surface area contributed by atoms with Crippen LogP contribution in [-0.2, 0) is 19.1 Å². The van der Waals surface area contributed by atoms with Gasteiger partial charge in [-0.05, 0) is 50.7 Å². The van der Waals surface area contributed by atoms with Crippen LogP contribution >= 0.6 is 0 Å². The Kier molecular flexibility index (Phi) is 5.33. The number of allylic oxidation sites excluding steroid dienone is 4. The highest BCUT2D eigenvalue weighted by Gasteiger charge is 2.77. The van der Waals surface area contributed by atoms with E-state index in [1.807, 2.05) is 0 Å². The summed E-state index contributed by atoms with van der Waals surface area (Å²) in [5.41, 5.74) is -5.10. The van der Waals surface area contributed by atoms with Crippen molar-refractivity contribution in [3.63, 3.8) is 0 Å². The van der Waals surface area contributed by atoms with Gasteiger partial charge in [0.1, 0.15) is 6.61 Å². The van der Waals surface area contributed by atoms with E-state index in [1.54, 1.807) is 33.8 Å². The number of rotatable bonds is 4. The summed E-state index contributed by atoms with van der Waals surface area (Å²) in [4.78, 5) is 37.5.